The maximum absolute atomic E-state index is 13.1. The van der Waals surface area contributed by atoms with Crippen LogP contribution >= 0.6 is 11.6 Å². The summed E-state index contributed by atoms with van der Waals surface area (Å²) in [5.41, 5.74) is 1.53. The molecule has 2 aromatic carbocycles. The fourth-order valence-corrected chi connectivity index (χ4v) is 4.61. The highest BCUT2D eigenvalue weighted by molar-refractivity contribution is 7.85. The lowest BCUT2D eigenvalue weighted by molar-refractivity contribution is -0.138. The third-order valence-electron chi connectivity index (χ3n) is 5.68. The zero-order valence-corrected chi connectivity index (χ0v) is 20.0. The van der Waals surface area contributed by atoms with Crippen molar-refractivity contribution < 1.29 is 26.9 Å². The molecule has 1 saturated heterocycles. The summed E-state index contributed by atoms with van der Waals surface area (Å²) in [6.07, 6.45) is 0.800. The minimum atomic E-state index is -4.14. The molecule has 33 heavy (non-hydrogen) atoms. The predicted octanol–water partition coefficient (Wildman–Crippen LogP) is 3.41. The van der Waals surface area contributed by atoms with Gasteiger partial charge in [0, 0.05) is 37.2 Å². The van der Waals surface area contributed by atoms with Crippen LogP contribution in [0.4, 0.5) is 4.39 Å². The molecule has 1 aliphatic heterocycles. The molecular weight excluding hydrogens is 471 g/mol. The quantitative estimate of drug-likeness (QED) is 0.533. The van der Waals surface area contributed by atoms with E-state index >= 15 is 0 Å². The van der Waals surface area contributed by atoms with Crippen molar-refractivity contribution in [2.75, 3.05) is 32.0 Å². The van der Waals surface area contributed by atoms with E-state index in [2.05, 4.69) is 4.90 Å². The summed E-state index contributed by atoms with van der Waals surface area (Å²) in [4.78, 5) is 17.0. The van der Waals surface area contributed by atoms with Gasteiger partial charge in [-0.2, -0.15) is 8.42 Å². The fourth-order valence-electron chi connectivity index (χ4n) is 3.93. The van der Waals surface area contributed by atoms with Gasteiger partial charge in [-0.15, -0.1) is 0 Å². The van der Waals surface area contributed by atoms with Crippen LogP contribution in [0.3, 0.4) is 0 Å². The molecule has 1 amide bonds. The number of halogens is 2. The fraction of sp³-hybridized carbons (Fsp3) is 0.435. The third kappa shape index (κ3) is 7.67. The first kappa shape index (κ1) is 25.4. The van der Waals surface area contributed by atoms with Gasteiger partial charge < -0.3 is 9.64 Å². The highest BCUT2D eigenvalue weighted by Gasteiger charge is 2.29. The third-order valence-corrected chi connectivity index (χ3v) is 6.64. The number of hydrogen-bond acceptors (Lipinski definition) is 5. The van der Waals surface area contributed by atoms with E-state index in [0.717, 1.165) is 12.0 Å². The van der Waals surface area contributed by atoms with Gasteiger partial charge in [-0.05, 0) is 54.3 Å². The Bertz CT molecular complexity index is 1070. The van der Waals surface area contributed by atoms with Gasteiger partial charge in [-0.1, -0.05) is 30.7 Å². The Hall–Kier alpha value is -2.20. The molecule has 180 valence electrons. The zero-order valence-electron chi connectivity index (χ0n) is 18.4. The van der Waals surface area contributed by atoms with Crippen molar-refractivity contribution in [3.8, 4) is 5.75 Å². The molecular formula is C23H28ClFN2O5S. The molecule has 10 heteroatoms. The Morgan fingerprint density at radius 2 is 1.94 bits per heavy atom. The van der Waals surface area contributed by atoms with Crippen molar-refractivity contribution in [1.29, 1.82) is 0 Å². The van der Waals surface area contributed by atoms with Crippen LogP contribution in [0.2, 0.25) is 5.02 Å². The number of carbonyl (C=O) groups is 1. The number of hydrogen-bond donors (Lipinski definition) is 1. The number of rotatable bonds is 9. The van der Waals surface area contributed by atoms with E-state index in [1.54, 1.807) is 30.3 Å². The Morgan fingerprint density at radius 3 is 2.61 bits per heavy atom. The molecule has 1 N–H and O–H groups in total. The van der Waals surface area contributed by atoms with E-state index in [1.165, 1.54) is 12.1 Å². The molecule has 1 atom stereocenters. The van der Waals surface area contributed by atoms with Gasteiger partial charge >= 0.3 is 0 Å². The van der Waals surface area contributed by atoms with Gasteiger partial charge in [-0.25, -0.2) is 4.39 Å². The Kier molecular flexibility index (Phi) is 8.69. The van der Waals surface area contributed by atoms with Crippen molar-refractivity contribution in [1.82, 2.24) is 9.80 Å². The lowest BCUT2D eigenvalue weighted by Crippen LogP contribution is -2.55. The lowest BCUT2D eigenvalue weighted by Gasteiger charge is -2.41. The van der Waals surface area contributed by atoms with Crippen molar-refractivity contribution >= 4 is 27.6 Å². The van der Waals surface area contributed by atoms with E-state index in [0.29, 0.717) is 42.5 Å². The average molecular weight is 499 g/mol. The van der Waals surface area contributed by atoms with Crippen molar-refractivity contribution in [2.45, 2.75) is 32.4 Å². The van der Waals surface area contributed by atoms with Crippen LogP contribution in [-0.2, 0) is 27.9 Å². The summed E-state index contributed by atoms with van der Waals surface area (Å²) in [5.74, 6) is -0.522. The predicted molar refractivity (Wildman–Crippen MR) is 125 cm³/mol. The maximum Gasteiger partial charge on any atom is 0.265 e. The van der Waals surface area contributed by atoms with Crippen LogP contribution in [-0.4, -0.2) is 66.7 Å². The second kappa shape index (κ2) is 11.3. The van der Waals surface area contributed by atoms with Crippen LogP contribution in [0.25, 0.3) is 0 Å². The summed E-state index contributed by atoms with van der Waals surface area (Å²) in [6, 6.07) is 11.2. The smallest absolute Gasteiger partial charge is 0.265 e. The summed E-state index contributed by atoms with van der Waals surface area (Å²) < 4.78 is 50.1. The van der Waals surface area contributed by atoms with E-state index in [9.17, 15) is 17.6 Å². The van der Waals surface area contributed by atoms with Gasteiger partial charge in [0.15, 0.2) is 6.61 Å². The van der Waals surface area contributed by atoms with Crippen molar-refractivity contribution in [3.05, 3.63) is 64.4 Å². The molecule has 3 rings (SSSR count). The molecule has 0 aliphatic carbocycles. The molecule has 1 heterocycles. The molecule has 0 unspecified atom stereocenters. The van der Waals surface area contributed by atoms with Crippen LogP contribution in [0, 0.1) is 5.82 Å². The van der Waals surface area contributed by atoms with Gasteiger partial charge in [0.05, 0.1) is 5.75 Å². The maximum atomic E-state index is 13.1. The number of benzene rings is 2. The number of piperazine rings is 1. The van der Waals surface area contributed by atoms with E-state index in [4.69, 9.17) is 20.9 Å². The molecule has 7 nitrogen and oxygen atoms in total. The first-order chi connectivity index (χ1) is 15.6. The molecule has 0 bridgehead atoms. The molecule has 0 radical (unpaired) electrons. The number of amides is 1. The number of ether oxygens (including phenoxy) is 1. The van der Waals surface area contributed by atoms with E-state index < -0.39 is 15.9 Å². The Labute approximate surface area is 198 Å². The topological polar surface area (TPSA) is 87.2 Å². The first-order valence-electron chi connectivity index (χ1n) is 10.8. The van der Waals surface area contributed by atoms with Gasteiger partial charge in [0.25, 0.3) is 16.0 Å². The summed E-state index contributed by atoms with van der Waals surface area (Å²) in [6.45, 7) is 4.49. The van der Waals surface area contributed by atoms with Gasteiger partial charge in [0.1, 0.15) is 11.6 Å². The SMILES string of the molecule is CC[C@@H]1CN(Cc2ccc(F)cc2)CCN1C(=O)COc1ccc(Cl)cc1CCS(=O)(=O)O. The largest absolute Gasteiger partial charge is 0.483 e. The Balaban J connectivity index is 1.58. The number of nitrogens with zero attached hydrogens (tertiary/aromatic N) is 2. The average Bonchev–Trinajstić information content (AvgIpc) is 2.77. The Morgan fingerprint density at radius 1 is 1.21 bits per heavy atom. The molecule has 1 aliphatic rings. The van der Waals surface area contributed by atoms with Gasteiger partial charge in [-0.3, -0.25) is 14.2 Å². The number of carbonyl (C=O) groups excluding carboxylic acids is 1. The molecule has 2 aromatic rings. The standard InChI is InChI=1S/C23H28ClFN2O5S/c1-2-21-15-26(14-17-3-6-20(25)7-4-17)10-11-27(21)23(28)16-32-22-8-5-19(24)13-18(22)9-12-33(29,30)31/h3-8,13,21H,2,9-12,14-16H2,1H3,(H,29,30,31)/t21-/m1/s1. The molecule has 1 fully saturated rings. The first-order valence-corrected chi connectivity index (χ1v) is 12.8. The molecule has 0 saturated carbocycles. The van der Waals surface area contributed by atoms with Crippen LogP contribution in [0.5, 0.6) is 5.75 Å². The van der Waals surface area contributed by atoms with Crippen LogP contribution in [0.1, 0.15) is 24.5 Å². The lowest BCUT2D eigenvalue weighted by atomic mass is 10.1. The van der Waals surface area contributed by atoms with Gasteiger partial charge in [0.2, 0.25) is 0 Å². The zero-order chi connectivity index (χ0) is 24.0. The second-order valence-corrected chi connectivity index (χ2v) is 10.1. The van der Waals surface area contributed by atoms with E-state index in [-0.39, 0.29) is 30.8 Å². The molecule has 0 spiro atoms. The van der Waals surface area contributed by atoms with Crippen LogP contribution < -0.4 is 4.74 Å². The minimum absolute atomic E-state index is 0.0164. The normalized spacial score (nSPS) is 17.2. The summed E-state index contributed by atoms with van der Waals surface area (Å²) in [7, 11) is -4.14. The molecule has 0 aromatic heterocycles. The summed E-state index contributed by atoms with van der Waals surface area (Å²) >= 11 is 6.00. The highest BCUT2D eigenvalue weighted by Crippen LogP contribution is 2.24. The second-order valence-electron chi connectivity index (χ2n) is 8.09. The van der Waals surface area contributed by atoms with Crippen LogP contribution in [0.15, 0.2) is 42.5 Å². The highest BCUT2D eigenvalue weighted by atomic mass is 35.5. The van der Waals surface area contributed by atoms with E-state index in [1.807, 2.05) is 11.8 Å². The summed E-state index contributed by atoms with van der Waals surface area (Å²) in [5, 5.41) is 0.405. The number of aryl methyl sites for hydroxylation is 1. The monoisotopic (exact) mass is 498 g/mol. The van der Waals surface area contributed by atoms with Crippen molar-refractivity contribution in [3.63, 3.8) is 0 Å². The minimum Gasteiger partial charge on any atom is -0.483 e. The van der Waals surface area contributed by atoms with Crippen molar-refractivity contribution in [2.24, 2.45) is 0 Å².